The Hall–Kier alpha value is -1.69. The van der Waals surface area contributed by atoms with Gasteiger partial charge in [-0.15, -0.1) is 0 Å². The first kappa shape index (κ1) is 14.7. The lowest BCUT2D eigenvalue weighted by Gasteiger charge is -2.32. The van der Waals surface area contributed by atoms with Crippen LogP contribution in [0.5, 0.6) is 0 Å². The van der Waals surface area contributed by atoms with Gasteiger partial charge in [-0.2, -0.15) is 0 Å². The van der Waals surface area contributed by atoms with Gasteiger partial charge in [0.15, 0.2) is 5.69 Å². The van der Waals surface area contributed by atoms with Gasteiger partial charge in [0.05, 0.1) is 11.2 Å². The average molecular weight is 297 g/mol. The van der Waals surface area contributed by atoms with Gasteiger partial charge in [0.2, 0.25) is 5.91 Å². The van der Waals surface area contributed by atoms with E-state index in [0.29, 0.717) is 18.9 Å². The number of amides is 2. The topological polar surface area (TPSA) is 75.2 Å². The summed E-state index contributed by atoms with van der Waals surface area (Å²) in [6.07, 6.45) is 1.44. The number of carbonyl (C=O) groups excluding carboxylic acids is 2. The molecule has 6 nitrogen and oxygen atoms in total. The van der Waals surface area contributed by atoms with Gasteiger partial charge in [0.25, 0.3) is 5.91 Å². The number of hydrogen-bond donors (Lipinski definition) is 1. The van der Waals surface area contributed by atoms with Crippen LogP contribution in [-0.2, 0) is 4.79 Å². The van der Waals surface area contributed by atoms with Crippen LogP contribution in [0, 0.1) is 0 Å². The highest BCUT2D eigenvalue weighted by molar-refractivity contribution is 6.33. The SMILES string of the molecule is CC(C)c1ncc(Cl)c(C(=O)N2CCNC(=O)C2C)n1. The van der Waals surface area contributed by atoms with Crippen LogP contribution in [0.15, 0.2) is 6.20 Å². The molecule has 1 N–H and O–H groups in total. The van der Waals surface area contributed by atoms with Gasteiger partial charge in [-0.25, -0.2) is 9.97 Å². The van der Waals surface area contributed by atoms with Gasteiger partial charge in [0.1, 0.15) is 11.9 Å². The van der Waals surface area contributed by atoms with Gasteiger partial charge in [-0.1, -0.05) is 25.4 Å². The van der Waals surface area contributed by atoms with Crippen molar-refractivity contribution in [1.82, 2.24) is 20.2 Å². The van der Waals surface area contributed by atoms with Crippen molar-refractivity contribution in [3.05, 3.63) is 22.7 Å². The van der Waals surface area contributed by atoms with Crippen molar-refractivity contribution in [3.63, 3.8) is 0 Å². The number of rotatable bonds is 2. The van der Waals surface area contributed by atoms with Crippen LogP contribution in [0.1, 0.15) is 43.0 Å². The number of piperazine rings is 1. The Bertz CT molecular complexity index is 547. The second kappa shape index (κ2) is 5.75. The van der Waals surface area contributed by atoms with Crippen molar-refractivity contribution in [3.8, 4) is 0 Å². The number of hydrogen-bond acceptors (Lipinski definition) is 4. The van der Waals surface area contributed by atoms with Crippen molar-refractivity contribution in [2.24, 2.45) is 0 Å². The maximum Gasteiger partial charge on any atom is 0.274 e. The molecule has 7 heteroatoms. The van der Waals surface area contributed by atoms with Crippen LogP contribution < -0.4 is 5.32 Å². The maximum absolute atomic E-state index is 12.5. The average Bonchev–Trinajstić information content (AvgIpc) is 2.41. The first-order valence-corrected chi connectivity index (χ1v) is 6.90. The van der Waals surface area contributed by atoms with E-state index in [1.807, 2.05) is 13.8 Å². The predicted molar refractivity (Wildman–Crippen MR) is 74.6 cm³/mol. The maximum atomic E-state index is 12.5. The van der Waals surface area contributed by atoms with Gasteiger partial charge >= 0.3 is 0 Å². The lowest BCUT2D eigenvalue weighted by molar-refractivity contribution is -0.127. The molecule has 0 saturated carbocycles. The van der Waals surface area contributed by atoms with Crippen LogP contribution in [0.25, 0.3) is 0 Å². The fourth-order valence-electron chi connectivity index (χ4n) is 2.00. The van der Waals surface area contributed by atoms with Crippen molar-refractivity contribution in [2.45, 2.75) is 32.7 Å². The summed E-state index contributed by atoms with van der Waals surface area (Å²) >= 11 is 6.03. The van der Waals surface area contributed by atoms with E-state index in [2.05, 4.69) is 15.3 Å². The summed E-state index contributed by atoms with van der Waals surface area (Å²) in [5.41, 5.74) is 0.159. The van der Waals surface area contributed by atoms with Gasteiger partial charge in [-0.3, -0.25) is 9.59 Å². The molecule has 1 saturated heterocycles. The Morgan fingerprint density at radius 2 is 2.25 bits per heavy atom. The minimum absolute atomic E-state index is 0.0981. The smallest absolute Gasteiger partial charge is 0.274 e. The fourth-order valence-corrected chi connectivity index (χ4v) is 2.18. The Balaban J connectivity index is 2.33. The molecular weight excluding hydrogens is 280 g/mol. The van der Waals surface area contributed by atoms with Gasteiger partial charge in [0, 0.05) is 19.0 Å². The summed E-state index contributed by atoms with van der Waals surface area (Å²) in [6, 6.07) is -0.523. The lowest BCUT2D eigenvalue weighted by atomic mass is 10.1. The van der Waals surface area contributed by atoms with E-state index in [9.17, 15) is 9.59 Å². The zero-order chi connectivity index (χ0) is 14.9. The molecule has 20 heavy (non-hydrogen) atoms. The van der Waals surface area contributed by atoms with Crippen molar-refractivity contribution in [1.29, 1.82) is 0 Å². The van der Waals surface area contributed by atoms with Crippen LogP contribution in [0.3, 0.4) is 0 Å². The molecule has 1 aromatic rings. The van der Waals surface area contributed by atoms with E-state index in [1.165, 1.54) is 11.1 Å². The third kappa shape index (κ3) is 2.75. The van der Waals surface area contributed by atoms with Gasteiger partial charge in [-0.05, 0) is 6.92 Å². The molecule has 2 heterocycles. The summed E-state index contributed by atoms with van der Waals surface area (Å²) in [6.45, 7) is 6.45. The molecule has 0 spiro atoms. The number of nitrogens with zero attached hydrogens (tertiary/aromatic N) is 3. The summed E-state index contributed by atoms with van der Waals surface area (Å²) in [5, 5.41) is 2.92. The molecule has 0 aliphatic carbocycles. The second-order valence-corrected chi connectivity index (χ2v) is 5.45. The predicted octanol–water partition coefficient (Wildman–Crippen LogP) is 1.21. The molecule has 1 unspecified atom stereocenters. The number of nitrogens with one attached hydrogen (secondary N) is 1. The molecule has 1 atom stereocenters. The van der Waals surface area contributed by atoms with E-state index in [1.54, 1.807) is 6.92 Å². The second-order valence-electron chi connectivity index (χ2n) is 5.04. The molecular formula is C13H17ClN4O2. The third-order valence-corrected chi connectivity index (χ3v) is 3.52. The molecule has 0 bridgehead atoms. The first-order valence-electron chi connectivity index (χ1n) is 6.53. The summed E-state index contributed by atoms with van der Waals surface area (Å²) in [4.78, 5) is 34.0. The number of halogens is 1. The Morgan fingerprint density at radius 3 is 2.90 bits per heavy atom. The molecule has 0 radical (unpaired) electrons. The fraction of sp³-hybridized carbons (Fsp3) is 0.538. The molecule has 2 rings (SSSR count). The van der Waals surface area contributed by atoms with Crippen LogP contribution in [0.4, 0.5) is 0 Å². The Morgan fingerprint density at radius 1 is 1.55 bits per heavy atom. The third-order valence-electron chi connectivity index (χ3n) is 3.24. The quantitative estimate of drug-likeness (QED) is 0.890. The Kier molecular flexibility index (Phi) is 4.23. The highest BCUT2D eigenvalue weighted by Crippen LogP contribution is 2.19. The standard InChI is InChI=1S/C13H17ClN4O2/c1-7(2)11-16-6-9(14)10(17-11)13(20)18-5-4-15-12(19)8(18)3/h6-8H,4-5H2,1-3H3,(H,15,19). The molecule has 1 aliphatic rings. The molecule has 108 valence electrons. The highest BCUT2D eigenvalue weighted by atomic mass is 35.5. The zero-order valence-electron chi connectivity index (χ0n) is 11.7. The number of aromatic nitrogens is 2. The van der Waals surface area contributed by atoms with E-state index in [4.69, 9.17) is 11.6 Å². The normalized spacial score (nSPS) is 19.1. The minimum atomic E-state index is -0.523. The van der Waals surface area contributed by atoms with E-state index >= 15 is 0 Å². The molecule has 1 aromatic heterocycles. The van der Waals surface area contributed by atoms with Crippen LogP contribution in [0.2, 0.25) is 5.02 Å². The van der Waals surface area contributed by atoms with E-state index in [0.717, 1.165) is 0 Å². The molecule has 0 aromatic carbocycles. The van der Waals surface area contributed by atoms with E-state index in [-0.39, 0.29) is 28.4 Å². The largest absolute Gasteiger partial charge is 0.353 e. The van der Waals surface area contributed by atoms with Crippen molar-refractivity contribution >= 4 is 23.4 Å². The minimum Gasteiger partial charge on any atom is -0.353 e. The number of carbonyl (C=O) groups is 2. The van der Waals surface area contributed by atoms with Gasteiger partial charge < -0.3 is 10.2 Å². The summed E-state index contributed by atoms with van der Waals surface area (Å²) < 4.78 is 0. The summed E-state index contributed by atoms with van der Waals surface area (Å²) in [5.74, 6) is 0.160. The lowest BCUT2D eigenvalue weighted by Crippen LogP contribution is -2.56. The molecule has 2 amide bonds. The molecule has 1 fully saturated rings. The van der Waals surface area contributed by atoms with Crippen molar-refractivity contribution in [2.75, 3.05) is 13.1 Å². The highest BCUT2D eigenvalue weighted by Gasteiger charge is 2.31. The first-order chi connectivity index (χ1) is 9.41. The summed E-state index contributed by atoms with van der Waals surface area (Å²) in [7, 11) is 0. The Labute approximate surface area is 122 Å². The molecule has 1 aliphatic heterocycles. The van der Waals surface area contributed by atoms with E-state index < -0.39 is 6.04 Å². The zero-order valence-corrected chi connectivity index (χ0v) is 12.4. The van der Waals surface area contributed by atoms with Crippen molar-refractivity contribution < 1.29 is 9.59 Å². The monoisotopic (exact) mass is 296 g/mol. The van der Waals surface area contributed by atoms with Crippen LogP contribution in [-0.4, -0.2) is 45.8 Å². The van der Waals surface area contributed by atoms with Crippen LogP contribution >= 0.6 is 11.6 Å².